The summed E-state index contributed by atoms with van der Waals surface area (Å²) in [4.78, 5) is 22.7. The molecular formula is C16H18N6O2. The minimum atomic E-state index is -0.303. The topological polar surface area (TPSA) is 113 Å². The Morgan fingerprint density at radius 3 is 2.71 bits per heavy atom. The number of hydrogen-bond donors (Lipinski definition) is 1. The van der Waals surface area contributed by atoms with Gasteiger partial charge in [-0.05, 0) is 24.0 Å². The molecule has 1 amide bonds. The molecule has 0 aliphatic rings. The molecule has 2 aromatic rings. The molecule has 1 heterocycles. The van der Waals surface area contributed by atoms with Gasteiger partial charge in [0.25, 0.3) is 0 Å². The van der Waals surface area contributed by atoms with E-state index in [0.29, 0.717) is 30.9 Å². The third kappa shape index (κ3) is 4.52. The second kappa shape index (κ2) is 8.61. The van der Waals surface area contributed by atoms with Gasteiger partial charge < -0.3 is 4.74 Å². The highest BCUT2D eigenvalue weighted by molar-refractivity contribution is 5.87. The second-order valence-electron chi connectivity index (χ2n) is 4.88. The van der Waals surface area contributed by atoms with E-state index in [1.165, 1.54) is 6.92 Å². The minimum Gasteiger partial charge on any atom is -0.381 e. The van der Waals surface area contributed by atoms with E-state index >= 15 is 0 Å². The predicted octanol–water partition coefficient (Wildman–Crippen LogP) is 3.62. The Hall–Kier alpha value is -2.96. The van der Waals surface area contributed by atoms with Crippen molar-refractivity contribution in [3.8, 4) is 11.3 Å². The molecule has 1 aromatic heterocycles. The fourth-order valence-corrected chi connectivity index (χ4v) is 2.19. The number of carbonyl (C=O) groups excluding carboxylic acids is 1. The Kier molecular flexibility index (Phi) is 6.24. The van der Waals surface area contributed by atoms with Gasteiger partial charge in [0.15, 0.2) is 0 Å². The normalized spacial score (nSPS) is 10.1. The van der Waals surface area contributed by atoms with Gasteiger partial charge in [0, 0.05) is 29.6 Å². The van der Waals surface area contributed by atoms with Crippen LogP contribution in [0.5, 0.6) is 0 Å². The average Bonchev–Trinajstić information content (AvgIpc) is 2.57. The number of rotatable bonds is 7. The summed E-state index contributed by atoms with van der Waals surface area (Å²) < 4.78 is 5.40. The molecule has 0 aliphatic carbocycles. The molecule has 1 aromatic carbocycles. The van der Waals surface area contributed by atoms with Crippen molar-refractivity contribution in [1.82, 2.24) is 9.97 Å². The molecule has 0 atom stereocenters. The maximum absolute atomic E-state index is 11.3. The fourth-order valence-electron chi connectivity index (χ4n) is 2.19. The number of nitrogens with zero attached hydrogens (tertiary/aromatic N) is 5. The summed E-state index contributed by atoms with van der Waals surface area (Å²) in [5, 5.41) is 6.19. The van der Waals surface area contributed by atoms with Gasteiger partial charge in [-0.15, -0.1) is 0 Å². The first-order valence-electron chi connectivity index (χ1n) is 7.52. The van der Waals surface area contributed by atoms with Crippen molar-refractivity contribution in [2.75, 3.05) is 18.5 Å². The van der Waals surface area contributed by atoms with Gasteiger partial charge in [0.1, 0.15) is 5.82 Å². The highest BCUT2D eigenvalue weighted by Gasteiger charge is 2.15. The molecule has 8 heteroatoms. The van der Waals surface area contributed by atoms with E-state index in [2.05, 4.69) is 25.3 Å². The Bertz CT molecular complexity index is 757. The van der Waals surface area contributed by atoms with E-state index < -0.39 is 0 Å². The van der Waals surface area contributed by atoms with Crippen molar-refractivity contribution in [3.63, 3.8) is 0 Å². The van der Waals surface area contributed by atoms with Crippen molar-refractivity contribution in [2.45, 2.75) is 20.3 Å². The third-order valence-electron chi connectivity index (χ3n) is 3.16. The number of hydrogen-bond acceptors (Lipinski definition) is 5. The number of benzene rings is 1. The lowest BCUT2D eigenvalue weighted by Gasteiger charge is -2.13. The number of carbonyl (C=O) groups is 1. The van der Waals surface area contributed by atoms with Gasteiger partial charge >= 0.3 is 0 Å². The maximum Gasteiger partial charge on any atom is 0.230 e. The molecule has 0 radical (unpaired) electrons. The second-order valence-corrected chi connectivity index (χ2v) is 4.88. The summed E-state index contributed by atoms with van der Waals surface area (Å²) in [6.07, 6.45) is 0.493. The van der Waals surface area contributed by atoms with E-state index in [0.717, 1.165) is 5.56 Å². The zero-order chi connectivity index (χ0) is 17.4. The lowest BCUT2D eigenvalue weighted by molar-refractivity contribution is -0.114. The molecule has 0 spiro atoms. The van der Waals surface area contributed by atoms with Crippen LogP contribution in [0.1, 0.15) is 19.4 Å². The van der Waals surface area contributed by atoms with Crippen LogP contribution in [0.25, 0.3) is 21.7 Å². The summed E-state index contributed by atoms with van der Waals surface area (Å²) in [6, 6.07) is 9.45. The van der Waals surface area contributed by atoms with Gasteiger partial charge in [-0.2, -0.15) is 0 Å². The van der Waals surface area contributed by atoms with Gasteiger partial charge in [0.05, 0.1) is 12.3 Å². The van der Waals surface area contributed by atoms with Crippen LogP contribution in [-0.4, -0.2) is 29.1 Å². The molecule has 0 aliphatic heterocycles. The van der Waals surface area contributed by atoms with Crippen molar-refractivity contribution >= 4 is 17.7 Å². The molecule has 0 saturated heterocycles. The Balaban J connectivity index is 2.58. The van der Waals surface area contributed by atoms with E-state index in [1.807, 2.05) is 37.3 Å². The lowest BCUT2D eigenvalue weighted by atomic mass is 10.0. The number of aromatic nitrogens is 2. The van der Waals surface area contributed by atoms with Crippen LogP contribution in [-0.2, 0) is 16.0 Å². The Morgan fingerprint density at radius 1 is 1.33 bits per heavy atom. The summed E-state index contributed by atoms with van der Waals surface area (Å²) in [6.45, 7) is 4.31. The molecule has 2 rings (SSSR count). The Labute approximate surface area is 139 Å². The molecule has 0 bridgehead atoms. The smallest absolute Gasteiger partial charge is 0.230 e. The zero-order valence-electron chi connectivity index (χ0n) is 13.6. The van der Waals surface area contributed by atoms with Crippen LogP contribution in [0.15, 0.2) is 35.4 Å². The molecular weight excluding hydrogens is 308 g/mol. The number of anilines is 1. The number of ether oxygens (including phenoxy) is 1. The summed E-state index contributed by atoms with van der Waals surface area (Å²) >= 11 is 0. The van der Waals surface area contributed by atoms with Crippen LogP contribution < -0.4 is 5.32 Å². The molecule has 124 valence electrons. The van der Waals surface area contributed by atoms with E-state index in [-0.39, 0.29) is 17.7 Å². The van der Waals surface area contributed by atoms with Crippen molar-refractivity contribution in [3.05, 3.63) is 46.3 Å². The van der Waals surface area contributed by atoms with Gasteiger partial charge in [0.2, 0.25) is 11.9 Å². The van der Waals surface area contributed by atoms with Crippen molar-refractivity contribution < 1.29 is 9.53 Å². The first-order chi connectivity index (χ1) is 11.7. The highest BCUT2D eigenvalue weighted by Crippen LogP contribution is 2.30. The largest absolute Gasteiger partial charge is 0.381 e. The quantitative estimate of drug-likeness (QED) is 0.362. The predicted molar refractivity (Wildman–Crippen MR) is 90.8 cm³/mol. The van der Waals surface area contributed by atoms with Crippen LogP contribution in [0.2, 0.25) is 0 Å². The molecule has 8 nitrogen and oxygen atoms in total. The molecule has 0 unspecified atom stereocenters. The molecule has 1 N–H and O–H groups in total. The van der Waals surface area contributed by atoms with Crippen LogP contribution in [0.3, 0.4) is 0 Å². The zero-order valence-corrected chi connectivity index (χ0v) is 13.6. The SMILES string of the molecule is CCOCCc1c(N=[N+]=[N-])nc(NC(C)=O)nc1-c1ccccc1. The molecule has 0 fully saturated rings. The Morgan fingerprint density at radius 2 is 2.08 bits per heavy atom. The summed E-state index contributed by atoms with van der Waals surface area (Å²) in [5.74, 6) is -0.0123. The van der Waals surface area contributed by atoms with Gasteiger partial charge in [-0.25, -0.2) is 9.97 Å². The third-order valence-corrected chi connectivity index (χ3v) is 3.16. The van der Waals surface area contributed by atoms with Crippen LogP contribution in [0.4, 0.5) is 11.8 Å². The van der Waals surface area contributed by atoms with Crippen LogP contribution >= 0.6 is 0 Å². The number of amides is 1. The number of nitrogens with one attached hydrogen (secondary N) is 1. The van der Waals surface area contributed by atoms with Crippen molar-refractivity contribution in [2.24, 2.45) is 5.11 Å². The summed E-state index contributed by atoms with van der Waals surface area (Å²) in [5.41, 5.74) is 11.0. The van der Waals surface area contributed by atoms with Crippen molar-refractivity contribution in [1.29, 1.82) is 0 Å². The van der Waals surface area contributed by atoms with Gasteiger partial charge in [-0.3, -0.25) is 10.1 Å². The van der Waals surface area contributed by atoms with Crippen LogP contribution in [0, 0.1) is 0 Å². The van der Waals surface area contributed by atoms with E-state index in [4.69, 9.17) is 10.3 Å². The van der Waals surface area contributed by atoms with Gasteiger partial charge in [-0.1, -0.05) is 30.3 Å². The monoisotopic (exact) mass is 326 g/mol. The average molecular weight is 326 g/mol. The molecule has 24 heavy (non-hydrogen) atoms. The van der Waals surface area contributed by atoms with E-state index in [9.17, 15) is 4.79 Å². The first-order valence-corrected chi connectivity index (χ1v) is 7.52. The lowest BCUT2D eigenvalue weighted by Crippen LogP contribution is -2.11. The molecule has 0 saturated carbocycles. The standard InChI is InChI=1S/C16H18N6O2/c1-3-24-10-9-13-14(12-7-5-4-6-8-12)19-16(18-11(2)23)20-15(13)21-22-17/h4-8H,3,9-10H2,1-2H3,(H,18,19,20,23). The highest BCUT2D eigenvalue weighted by atomic mass is 16.5. The van der Waals surface area contributed by atoms with E-state index in [1.54, 1.807) is 0 Å². The fraction of sp³-hybridized carbons (Fsp3) is 0.312. The minimum absolute atomic E-state index is 0.101. The maximum atomic E-state index is 11.3. The number of azide groups is 1. The first kappa shape index (κ1) is 17.4. The summed E-state index contributed by atoms with van der Waals surface area (Å²) in [7, 11) is 0.